The van der Waals surface area contributed by atoms with Gasteiger partial charge in [0.25, 0.3) is 0 Å². The van der Waals surface area contributed by atoms with Crippen LogP contribution >= 0.6 is 35.3 Å². The lowest BCUT2D eigenvalue weighted by Crippen LogP contribution is -2.39. The Bertz CT molecular complexity index is 861. The van der Waals surface area contributed by atoms with Gasteiger partial charge >= 0.3 is 0 Å². The molecule has 1 unspecified atom stereocenters. The molecule has 0 radical (unpaired) electrons. The van der Waals surface area contributed by atoms with Crippen molar-refractivity contribution >= 4 is 41.3 Å². The fraction of sp³-hybridized carbons (Fsp3) is 0.300. The lowest BCUT2D eigenvalue weighted by Gasteiger charge is -2.15. The predicted molar refractivity (Wildman–Crippen MR) is 125 cm³/mol. The normalized spacial score (nSPS) is 12.3. The molecular formula is C20H25FIN5S. The van der Waals surface area contributed by atoms with Gasteiger partial charge in [0, 0.05) is 43.5 Å². The molecule has 0 aliphatic heterocycles. The summed E-state index contributed by atoms with van der Waals surface area (Å²) in [7, 11) is 1.77. The van der Waals surface area contributed by atoms with Gasteiger partial charge in [0.05, 0.1) is 11.4 Å². The van der Waals surface area contributed by atoms with E-state index >= 15 is 0 Å². The van der Waals surface area contributed by atoms with Gasteiger partial charge in [-0.05, 0) is 41.8 Å². The van der Waals surface area contributed by atoms with Crippen LogP contribution in [-0.2, 0) is 6.42 Å². The Labute approximate surface area is 186 Å². The predicted octanol–water partition coefficient (Wildman–Crippen LogP) is 4.20. The highest BCUT2D eigenvalue weighted by Crippen LogP contribution is 2.19. The maximum absolute atomic E-state index is 13.0. The van der Waals surface area contributed by atoms with Crippen molar-refractivity contribution in [1.82, 2.24) is 20.4 Å². The van der Waals surface area contributed by atoms with Crippen LogP contribution in [0, 0.1) is 5.82 Å². The Hall–Kier alpha value is -1.94. The van der Waals surface area contributed by atoms with Crippen molar-refractivity contribution in [2.75, 3.05) is 20.1 Å². The number of nitrogens with one attached hydrogen (secondary N) is 2. The molecule has 5 nitrogen and oxygen atoms in total. The van der Waals surface area contributed by atoms with Crippen molar-refractivity contribution in [1.29, 1.82) is 0 Å². The molecule has 0 aliphatic carbocycles. The summed E-state index contributed by atoms with van der Waals surface area (Å²) in [6, 6.07) is 12.5. The van der Waals surface area contributed by atoms with Crippen molar-refractivity contribution in [2.45, 2.75) is 19.3 Å². The van der Waals surface area contributed by atoms with Crippen molar-refractivity contribution in [3.05, 3.63) is 70.4 Å². The van der Waals surface area contributed by atoms with Gasteiger partial charge in [-0.15, -0.1) is 35.3 Å². The summed E-state index contributed by atoms with van der Waals surface area (Å²) >= 11 is 1.77. The number of halogens is 2. The minimum absolute atomic E-state index is 0. The van der Waals surface area contributed by atoms with Gasteiger partial charge < -0.3 is 10.6 Å². The SMILES string of the molecule is CN=C(NCCc1ccn(-c2ccc(F)cc2)n1)NCC(C)c1cccs1.I. The van der Waals surface area contributed by atoms with E-state index in [2.05, 4.69) is 45.2 Å². The summed E-state index contributed by atoms with van der Waals surface area (Å²) in [5.41, 5.74) is 1.81. The second-order valence-electron chi connectivity index (χ2n) is 6.27. The van der Waals surface area contributed by atoms with Gasteiger partial charge in [0.2, 0.25) is 0 Å². The molecule has 1 atom stereocenters. The van der Waals surface area contributed by atoms with E-state index in [1.807, 2.05) is 12.3 Å². The number of thiophene rings is 1. The molecule has 3 aromatic rings. The standard InChI is InChI=1S/C20H24FN5S.HI/c1-15(19-4-3-13-27-19)14-24-20(22-2)23-11-9-17-10-12-26(25-17)18-7-5-16(21)6-8-18;/h3-8,10,12-13,15H,9,11,14H2,1-2H3,(H2,22,23,24);1H. The minimum Gasteiger partial charge on any atom is -0.356 e. The monoisotopic (exact) mass is 513 g/mol. The van der Waals surface area contributed by atoms with Gasteiger partial charge in [-0.3, -0.25) is 4.99 Å². The zero-order valence-corrected chi connectivity index (χ0v) is 19.1. The summed E-state index contributed by atoms with van der Waals surface area (Å²) in [5, 5.41) is 13.3. The highest BCUT2D eigenvalue weighted by Gasteiger charge is 2.08. The van der Waals surface area contributed by atoms with E-state index < -0.39 is 0 Å². The van der Waals surface area contributed by atoms with E-state index in [9.17, 15) is 4.39 Å². The molecule has 8 heteroatoms. The third-order valence-electron chi connectivity index (χ3n) is 4.24. The maximum Gasteiger partial charge on any atom is 0.191 e. The van der Waals surface area contributed by atoms with E-state index in [4.69, 9.17) is 0 Å². The fourth-order valence-electron chi connectivity index (χ4n) is 2.68. The summed E-state index contributed by atoms with van der Waals surface area (Å²) in [6.07, 6.45) is 2.66. The summed E-state index contributed by atoms with van der Waals surface area (Å²) < 4.78 is 14.8. The van der Waals surface area contributed by atoms with E-state index in [1.165, 1.54) is 17.0 Å². The molecule has 2 N–H and O–H groups in total. The molecule has 0 bridgehead atoms. The first-order chi connectivity index (χ1) is 13.2. The first-order valence-electron chi connectivity index (χ1n) is 8.94. The quantitative estimate of drug-likeness (QED) is 0.283. The molecule has 0 saturated heterocycles. The number of aromatic nitrogens is 2. The third kappa shape index (κ3) is 6.30. The van der Waals surface area contributed by atoms with Gasteiger partial charge in [-0.2, -0.15) is 5.10 Å². The zero-order valence-electron chi connectivity index (χ0n) is 15.9. The van der Waals surface area contributed by atoms with Crippen LogP contribution in [0.1, 0.15) is 23.4 Å². The average Bonchev–Trinajstić information content (AvgIpc) is 3.37. The molecule has 0 aliphatic rings. The van der Waals surface area contributed by atoms with Crippen LogP contribution < -0.4 is 10.6 Å². The molecule has 1 aromatic carbocycles. The summed E-state index contributed by atoms with van der Waals surface area (Å²) in [5.74, 6) is 0.980. The second kappa shape index (κ2) is 11.2. The number of hydrogen-bond acceptors (Lipinski definition) is 3. The summed E-state index contributed by atoms with van der Waals surface area (Å²) in [6.45, 7) is 3.76. The van der Waals surface area contributed by atoms with Gasteiger partial charge in [-0.25, -0.2) is 9.07 Å². The van der Waals surface area contributed by atoms with Gasteiger partial charge in [-0.1, -0.05) is 13.0 Å². The Morgan fingerprint density at radius 1 is 1.21 bits per heavy atom. The molecule has 2 heterocycles. The van der Waals surface area contributed by atoms with E-state index in [1.54, 1.807) is 35.2 Å². The van der Waals surface area contributed by atoms with E-state index in [0.29, 0.717) is 5.92 Å². The lowest BCUT2D eigenvalue weighted by molar-refractivity contribution is 0.627. The van der Waals surface area contributed by atoms with E-state index in [-0.39, 0.29) is 29.8 Å². The van der Waals surface area contributed by atoms with Gasteiger partial charge in [0.15, 0.2) is 5.96 Å². The van der Waals surface area contributed by atoms with Crippen LogP contribution in [0.5, 0.6) is 0 Å². The number of aliphatic imine (C=N–C) groups is 1. The Morgan fingerprint density at radius 2 is 2.00 bits per heavy atom. The zero-order chi connectivity index (χ0) is 19.1. The molecule has 28 heavy (non-hydrogen) atoms. The topological polar surface area (TPSA) is 54.2 Å². The smallest absolute Gasteiger partial charge is 0.191 e. The van der Waals surface area contributed by atoms with Crippen LogP contribution in [0.25, 0.3) is 5.69 Å². The highest BCUT2D eigenvalue weighted by molar-refractivity contribution is 14.0. The number of hydrogen-bond donors (Lipinski definition) is 2. The number of benzene rings is 1. The second-order valence-corrected chi connectivity index (χ2v) is 7.25. The molecule has 0 spiro atoms. The number of rotatable bonds is 7. The molecule has 0 fully saturated rings. The maximum atomic E-state index is 13.0. The van der Waals surface area contributed by atoms with Crippen molar-refractivity contribution in [3.8, 4) is 5.69 Å². The Balaban J connectivity index is 0.00000280. The average molecular weight is 513 g/mol. The van der Waals surface area contributed by atoms with Crippen LogP contribution in [0.2, 0.25) is 0 Å². The lowest BCUT2D eigenvalue weighted by atomic mass is 10.1. The van der Waals surface area contributed by atoms with Crippen LogP contribution in [0.15, 0.2) is 59.0 Å². The number of nitrogens with zero attached hydrogens (tertiary/aromatic N) is 3. The molecule has 0 amide bonds. The van der Waals surface area contributed by atoms with Crippen molar-refractivity contribution in [2.24, 2.45) is 4.99 Å². The molecular weight excluding hydrogens is 488 g/mol. The van der Waals surface area contributed by atoms with Crippen LogP contribution in [-0.4, -0.2) is 35.9 Å². The highest BCUT2D eigenvalue weighted by atomic mass is 127. The summed E-state index contributed by atoms with van der Waals surface area (Å²) in [4.78, 5) is 5.64. The number of guanidine groups is 1. The largest absolute Gasteiger partial charge is 0.356 e. The molecule has 2 aromatic heterocycles. The van der Waals surface area contributed by atoms with Crippen molar-refractivity contribution in [3.63, 3.8) is 0 Å². The van der Waals surface area contributed by atoms with Crippen LogP contribution in [0.4, 0.5) is 4.39 Å². The fourth-order valence-corrected chi connectivity index (χ4v) is 3.47. The van der Waals surface area contributed by atoms with Gasteiger partial charge in [0.1, 0.15) is 5.82 Å². The minimum atomic E-state index is -0.248. The Kier molecular flexibility index (Phi) is 8.91. The molecule has 3 rings (SSSR count). The molecule has 150 valence electrons. The van der Waals surface area contributed by atoms with E-state index in [0.717, 1.165) is 36.9 Å². The first-order valence-corrected chi connectivity index (χ1v) is 9.82. The first kappa shape index (κ1) is 22.4. The molecule has 0 saturated carbocycles. The Morgan fingerprint density at radius 3 is 2.68 bits per heavy atom. The van der Waals surface area contributed by atoms with Crippen molar-refractivity contribution < 1.29 is 4.39 Å². The van der Waals surface area contributed by atoms with Crippen LogP contribution in [0.3, 0.4) is 0 Å². The third-order valence-corrected chi connectivity index (χ3v) is 5.34.